The Hall–Kier alpha value is -1.18. The number of fused-ring (bicyclic) bond motifs is 1. The third kappa shape index (κ3) is 1.25. The molecule has 0 amide bonds. The maximum Gasteiger partial charge on any atom is 0.125 e. The molecule has 0 aromatic heterocycles. The lowest BCUT2D eigenvalue weighted by Crippen LogP contribution is -2.40. The summed E-state index contributed by atoms with van der Waals surface area (Å²) in [6.45, 7) is 4.85. The summed E-state index contributed by atoms with van der Waals surface area (Å²) in [4.78, 5) is 0. The molecule has 0 unspecified atom stereocenters. The number of aromatic hydroxyl groups is 1. The van der Waals surface area contributed by atoms with Crippen molar-refractivity contribution in [3.8, 4) is 11.5 Å². The van der Waals surface area contributed by atoms with Gasteiger partial charge in [0.2, 0.25) is 0 Å². The molecule has 0 bridgehead atoms. The van der Waals surface area contributed by atoms with Crippen molar-refractivity contribution < 1.29 is 9.84 Å². The molecule has 2 nitrogen and oxygen atoms in total. The quantitative estimate of drug-likeness (QED) is 0.725. The van der Waals surface area contributed by atoms with Gasteiger partial charge in [-0.25, -0.2) is 0 Å². The summed E-state index contributed by atoms with van der Waals surface area (Å²) >= 11 is 0. The van der Waals surface area contributed by atoms with Crippen molar-refractivity contribution in [3.63, 3.8) is 0 Å². The summed E-state index contributed by atoms with van der Waals surface area (Å²) in [5, 5.41) is 9.86. The molecule has 0 radical (unpaired) electrons. The number of phenolic OH excluding ortho intramolecular Hbond substituents is 1. The predicted molar refractivity (Wildman–Crippen MR) is 63.1 cm³/mol. The van der Waals surface area contributed by atoms with Crippen LogP contribution in [0.1, 0.15) is 36.0 Å². The van der Waals surface area contributed by atoms with Crippen molar-refractivity contribution in [2.45, 2.75) is 39.5 Å². The second-order valence-electron chi connectivity index (χ2n) is 5.45. The van der Waals surface area contributed by atoms with Gasteiger partial charge in [-0.2, -0.15) is 0 Å². The third-order valence-electron chi connectivity index (χ3n) is 4.39. The number of hydrogen-bond donors (Lipinski definition) is 1. The number of hydrogen-bond acceptors (Lipinski definition) is 2. The highest BCUT2D eigenvalue weighted by molar-refractivity contribution is 5.53. The third-order valence-corrected chi connectivity index (χ3v) is 4.39. The van der Waals surface area contributed by atoms with Crippen LogP contribution in [0.5, 0.6) is 11.5 Å². The highest BCUT2D eigenvalue weighted by Crippen LogP contribution is 2.49. The Kier molecular flexibility index (Phi) is 1.97. The molecule has 1 aliphatic heterocycles. The van der Waals surface area contributed by atoms with Crippen LogP contribution in [0.25, 0.3) is 0 Å². The van der Waals surface area contributed by atoms with Gasteiger partial charge >= 0.3 is 0 Å². The minimum atomic E-state index is 0.390. The molecule has 1 aromatic carbocycles. The maximum atomic E-state index is 9.86. The van der Waals surface area contributed by atoms with Crippen LogP contribution in [0.15, 0.2) is 6.07 Å². The summed E-state index contributed by atoms with van der Waals surface area (Å²) in [6, 6.07) is 1.90. The van der Waals surface area contributed by atoms with E-state index >= 15 is 0 Å². The van der Waals surface area contributed by atoms with Crippen LogP contribution in [0.4, 0.5) is 0 Å². The van der Waals surface area contributed by atoms with Gasteiger partial charge in [-0.3, -0.25) is 0 Å². The summed E-state index contributed by atoms with van der Waals surface area (Å²) in [7, 11) is 0. The molecule has 86 valence electrons. The zero-order valence-corrected chi connectivity index (χ0v) is 9.97. The van der Waals surface area contributed by atoms with E-state index < -0.39 is 0 Å². The molecule has 16 heavy (non-hydrogen) atoms. The van der Waals surface area contributed by atoms with Crippen LogP contribution >= 0.6 is 0 Å². The standard InChI is InChI=1S/C14H18O2/c1-9-10(2)13-11(6-12(9)15)7-14(8-16-13)4-3-5-14/h6,15H,3-5,7-8H2,1-2H3. The van der Waals surface area contributed by atoms with E-state index in [1.807, 2.05) is 19.9 Å². The Morgan fingerprint density at radius 3 is 2.62 bits per heavy atom. The van der Waals surface area contributed by atoms with Gasteiger partial charge in [0.15, 0.2) is 0 Å². The van der Waals surface area contributed by atoms with Crippen LogP contribution in [0.3, 0.4) is 0 Å². The smallest absolute Gasteiger partial charge is 0.125 e. The van der Waals surface area contributed by atoms with Gasteiger partial charge in [0.25, 0.3) is 0 Å². The van der Waals surface area contributed by atoms with Crippen LogP contribution in [0.2, 0.25) is 0 Å². The van der Waals surface area contributed by atoms with Crippen molar-refractivity contribution in [2.24, 2.45) is 5.41 Å². The lowest BCUT2D eigenvalue weighted by atomic mass is 9.65. The lowest BCUT2D eigenvalue weighted by molar-refractivity contribution is 0.0404. The largest absolute Gasteiger partial charge is 0.508 e. The van der Waals surface area contributed by atoms with Crippen LogP contribution in [0, 0.1) is 19.3 Å². The SMILES string of the molecule is Cc1c(O)cc2c(c1C)OCC1(CCC1)C2. The van der Waals surface area contributed by atoms with E-state index in [2.05, 4.69) is 0 Å². The fraction of sp³-hybridized carbons (Fsp3) is 0.571. The molecule has 2 heteroatoms. The zero-order chi connectivity index (χ0) is 11.3. The molecule has 0 atom stereocenters. The van der Waals surface area contributed by atoms with E-state index in [1.165, 1.54) is 24.8 Å². The first-order valence-electron chi connectivity index (χ1n) is 6.06. The molecule has 1 N–H and O–H groups in total. The topological polar surface area (TPSA) is 29.5 Å². The molecule has 1 saturated carbocycles. The van der Waals surface area contributed by atoms with Gasteiger partial charge in [0, 0.05) is 5.41 Å². The van der Waals surface area contributed by atoms with E-state index in [-0.39, 0.29) is 0 Å². The number of phenols is 1. The molecule has 2 aliphatic rings. The maximum absolute atomic E-state index is 9.86. The Morgan fingerprint density at radius 2 is 2.00 bits per heavy atom. The van der Waals surface area contributed by atoms with E-state index in [9.17, 15) is 5.11 Å². The van der Waals surface area contributed by atoms with Gasteiger partial charge in [-0.1, -0.05) is 6.42 Å². The molecule has 1 heterocycles. The fourth-order valence-electron chi connectivity index (χ4n) is 2.95. The Balaban J connectivity index is 2.05. The molecular formula is C14H18O2. The minimum Gasteiger partial charge on any atom is -0.508 e. The molecule has 3 rings (SSSR count). The normalized spacial score (nSPS) is 21.1. The summed E-state index contributed by atoms with van der Waals surface area (Å²) in [5.74, 6) is 1.43. The van der Waals surface area contributed by atoms with E-state index in [1.54, 1.807) is 0 Å². The summed E-state index contributed by atoms with van der Waals surface area (Å²) in [5.41, 5.74) is 3.64. The first-order chi connectivity index (χ1) is 7.61. The second kappa shape index (κ2) is 3.16. The van der Waals surface area contributed by atoms with Crippen molar-refractivity contribution in [1.82, 2.24) is 0 Å². The van der Waals surface area contributed by atoms with Crippen molar-refractivity contribution >= 4 is 0 Å². The second-order valence-corrected chi connectivity index (χ2v) is 5.45. The minimum absolute atomic E-state index is 0.390. The van der Waals surface area contributed by atoms with Gasteiger partial charge in [-0.05, 0) is 55.9 Å². The molecule has 1 aromatic rings. The molecule has 1 fully saturated rings. The van der Waals surface area contributed by atoms with Crippen LogP contribution in [-0.4, -0.2) is 11.7 Å². The first kappa shape index (κ1) is 10.0. The number of benzene rings is 1. The monoisotopic (exact) mass is 218 g/mol. The van der Waals surface area contributed by atoms with E-state index in [0.29, 0.717) is 11.2 Å². The predicted octanol–water partition coefficient (Wildman–Crippen LogP) is 3.11. The van der Waals surface area contributed by atoms with Crippen LogP contribution in [-0.2, 0) is 6.42 Å². The Bertz CT molecular complexity index is 445. The Labute approximate surface area is 96.2 Å². The van der Waals surface area contributed by atoms with Crippen molar-refractivity contribution in [1.29, 1.82) is 0 Å². The molecule has 1 aliphatic carbocycles. The molecule has 1 spiro atoms. The summed E-state index contributed by atoms with van der Waals surface area (Å²) < 4.78 is 5.94. The Morgan fingerprint density at radius 1 is 1.25 bits per heavy atom. The average molecular weight is 218 g/mol. The lowest BCUT2D eigenvalue weighted by Gasteiger charge is -2.45. The average Bonchev–Trinajstić information content (AvgIpc) is 2.23. The zero-order valence-electron chi connectivity index (χ0n) is 9.97. The van der Waals surface area contributed by atoms with Crippen molar-refractivity contribution in [3.05, 3.63) is 22.8 Å². The molecule has 0 saturated heterocycles. The van der Waals surface area contributed by atoms with E-state index in [0.717, 1.165) is 29.9 Å². The summed E-state index contributed by atoms with van der Waals surface area (Å²) in [6.07, 6.45) is 4.97. The number of ether oxygens (including phenoxy) is 1. The van der Waals surface area contributed by atoms with E-state index in [4.69, 9.17) is 4.74 Å². The van der Waals surface area contributed by atoms with Gasteiger partial charge in [0.1, 0.15) is 11.5 Å². The first-order valence-corrected chi connectivity index (χ1v) is 6.06. The molecular weight excluding hydrogens is 200 g/mol. The van der Waals surface area contributed by atoms with Crippen molar-refractivity contribution in [2.75, 3.05) is 6.61 Å². The van der Waals surface area contributed by atoms with Gasteiger partial charge < -0.3 is 9.84 Å². The fourth-order valence-corrected chi connectivity index (χ4v) is 2.95. The van der Waals surface area contributed by atoms with Gasteiger partial charge in [0.05, 0.1) is 6.61 Å². The van der Waals surface area contributed by atoms with Crippen LogP contribution < -0.4 is 4.74 Å². The highest BCUT2D eigenvalue weighted by Gasteiger charge is 2.41. The number of rotatable bonds is 0. The highest BCUT2D eigenvalue weighted by atomic mass is 16.5. The van der Waals surface area contributed by atoms with Gasteiger partial charge in [-0.15, -0.1) is 0 Å².